The lowest BCUT2D eigenvalue weighted by Gasteiger charge is -2.19. The molecule has 5 heteroatoms. The number of rotatable bonds is 6. The molecule has 0 bridgehead atoms. The van der Waals surface area contributed by atoms with E-state index < -0.39 is 5.60 Å². The van der Waals surface area contributed by atoms with E-state index in [1.165, 1.54) is 6.92 Å². The third kappa shape index (κ3) is 4.80. The molecule has 0 aliphatic carbocycles. The van der Waals surface area contributed by atoms with Crippen molar-refractivity contribution in [3.8, 4) is 5.75 Å². The van der Waals surface area contributed by atoms with E-state index in [-0.39, 0.29) is 18.3 Å². The molecule has 1 aromatic heterocycles. The molecule has 0 saturated carbocycles. The highest BCUT2D eigenvalue weighted by molar-refractivity contribution is 6.07. The fraction of sp³-hybridized carbons (Fsp3) is 0.304. The Morgan fingerprint density at radius 3 is 2.39 bits per heavy atom. The Hall–Kier alpha value is -3.08. The summed E-state index contributed by atoms with van der Waals surface area (Å²) in [6.07, 6.45) is 1.71. The minimum atomic E-state index is -0.554. The van der Waals surface area contributed by atoms with E-state index in [1.54, 1.807) is 10.8 Å². The third-order valence-electron chi connectivity index (χ3n) is 4.20. The molecule has 1 heterocycles. The van der Waals surface area contributed by atoms with Crippen LogP contribution in [0.2, 0.25) is 0 Å². The summed E-state index contributed by atoms with van der Waals surface area (Å²) in [5.41, 5.74) is 1.87. The van der Waals surface area contributed by atoms with Gasteiger partial charge in [-0.2, -0.15) is 0 Å². The first-order valence-electron chi connectivity index (χ1n) is 9.25. The van der Waals surface area contributed by atoms with Gasteiger partial charge in [0.2, 0.25) is 0 Å². The summed E-state index contributed by atoms with van der Waals surface area (Å²) in [7, 11) is 0. The molecule has 0 saturated heterocycles. The van der Waals surface area contributed by atoms with Crippen molar-refractivity contribution in [2.45, 2.75) is 46.4 Å². The minimum Gasteiger partial charge on any atom is -0.489 e. The molecule has 0 N–H and O–H groups in total. The van der Waals surface area contributed by atoms with Crippen LogP contribution in [0.15, 0.2) is 54.7 Å². The number of fused-ring (bicyclic) bond motifs is 1. The van der Waals surface area contributed by atoms with Crippen molar-refractivity contribution in [2.24, 2.45) is 0 Å². The lowest BCUT2D eigenvalue weighted by Crippen LogP contribution is -2.26. The van der Waals surface area contributed by atoms with Gasteiger partial charge in [-0.1, -0.05) is 30.3 Å². The Morgan fingerprint density at radius 2 is 1.75 bits per heavy atom. The van der Waals surface area contributed by atoms with Crippen molar-refractivity contribution in [2.75, 3.05) is 0 Å². The maximum atomic E-state index is 12.2. The molecule has 28 heavy (non-hydrogen) atoms. The number of benzene rings is 2. The predicted octanol–water partition coefficient (Wildman–Crippen LogP) is 4.76. The molecule has 3 rings (SSSR count). The molecule has 0 radical (unpaired) electrons. The third-order valence-corrected chi connectivity index (χ3v) is 4.20. The SMILES string of the molecule is CC(=O)c1cn(CC(=O)OC(C)(C)C)c2ccc(OCc3ccccc3)cc12. The molecule has 0 aliphatic heterocycles. The van der Waals surface area contributed by atoms with Crippen LogP contribution in [-0.4, -0.2) is 21.9 Å². The van der Waals surface area contributed by atoms with Gasteiger partial charge in [0.25, 0.3) is 0 Å². The van der Waals surface area contributed by atoms with Gasteiger partial charge < -0.3 is 14.0 Å². The van der Waals surface area contributed by atoms with Crippen molar-refractivity contribution < 1.29 is 19.1 Å². The number of carbonyl (C=O) groups excluding carboxylic acids is 2. The molecule has 146 valence electrons. The van der Waals surface area contributed by atoms with Crippen LogP contribution >= 0.6 is 0 Å². The highest BCUT2D eigenvalue weighted by Crippen LogP contribution is 2.27. The van der Waals surface area contributed by atoms with Gasteiger partial charge in [-0.25, -0.2) is 0 Å². The van der Waals surface area contributed by atoms with Crippen LogP contribution in [0.5, 0.6) is 5.75 Å². The molecule has 2 aromatic carbocycles. The zero-order valence-electron chi connectivity index (χ0n) is 16.7. The van der Waals surface area contributed by atoms with E-state index in [2.05, 4.69) is 0 Å². The van der Waals surface area contributed by atoms with Crippen LogP contribution in [0.3, 0.4) is 0 Å². The summed E-state index contributed by atoms with van der Waals surface area (Å²) < 4.78 is 13.0. The van der Waals surface area contributed by atoms with Gasteiger partial charge >= 0.3 is 5.97 Å². The molecule has 5 nitrogen and oxygen atoms in total. The maximum Gasteiger partial charge on any atom is 0.326 e. The molecule has 0 fully saturated rings. The van der Waals surface area contributed by atoms with E-state index in [0.29, 0.717) is 17.9 Å². The van der Waals surface area contributed by atoms with Gasteiger partial charge in [0.1, 0.15) is 24.5 Å². The van der Waals surface area contributed by atoms with Crippen LogP contribution in [0.25, 0.3) is 10.9 Å². The number of ether oxygens (including phenoxy) is 2. The van der Waals surface area contributed by atoms with Crippen LogP contribution in [0, 0.1) is 0 Å². The fourth-order valence-corrected chi connectivity index (χ4v) is 3.03. The highest BCUT2D eigenvalue weighted by Gasteiger charge is 2.19. The fourth-order valence-electron chi connectivity index (χ4n) is 3.03. The average molecular weight is 379 g/mol. The number of nitrogens with zero attached hydrogens (tertiary/aromatic N) is 1. The van der Waals surface area contributed by atoms with Crippen LogP contribution in [0.1, 0.15) is 43.6 Å². The summed E-state index contributed by atoms with van der Waals surface area (Å²) in [6, 6.07) is 15.4. The van der Waals surface area contributed by atoms with Crippen molar-refractivity contribution in [1.82, 2.24) is 4.57 Å². The summed E-state index contributed by atoms with van der Waals surface area (Å²) in [4.78, 5) is 24.3. The first-order chi connectivity index (χ1) is 13.2. The second-order valence-corrected chi connectivity index (χ2v) is 7.77. The van der Waals surface area contributed by atoms with Crippen molar-refractivity contribution >= 4 is 22.7 Å². The van der Waals surface area contributed by atoms with E-state index >= 15 is 0 Å². The second-order valence-electron chi connectivity index (χ2n) is 7.77. The van der Waals surface area contributed by atoms with Gasteiger partial charge in [-0.05, 0) is 51.5 Å². The summed E-state index contributed by atoms with van der Waals surface area (Å²) >= 11 is 0. The van der Waals surface area contributed by atoms with Crippen LogP contribution in [-0.2, 0) is 22.7 Å². The smallest absolute Gasteiger partial charge is 0.326 e. The highest BCUT2D eigenvalue weighted by atomic mass is 16.6. The zero-order chi connectivity index (χ0) is 20.3. The number of Topliss-reactive ketones (excluding diaryl/α,β-unsaturated/α-hetero) is 1. The number of esters is 1. The number of hydrogen-bond donors (Lipinski definition) is 0. The van der Waals surface area contributed by atoms with Crippen molar-refractivity contribution in [3.05, 3.63) is 65.9 Å². The van der Waals surface area contributed by atoms with Crippen LogP contribution in [0.4, 0.5) is 0 Å². The molecule has 0 aliphatic rings. The zero-order valence-corrected chi connectivity index (χ0v) is 16.7. The van der Waals surface area contributed by atoms with E-state index in [4.69, 9.17) is 9.47 Å². The lowest BCUT2D eigenvalue weighted by molar-refractivity contribution is -0.155. The van der Waals surface area contributed by atoms with E-state index in [9.17, 15) is 9.59 Å². The summed E-state index contributed by atoms with van der Waals surface area (Å²) in [6.45, 7) is 7.50. The molecular formula is C23H25NO4. The monoisotopic (exact) mass is 379 g/mol. The Morgan fingerprint density at radius 1 is 1.04 bits per heavy atom. The number of carbonyl (C=O) groups is 2. The summed E-state index contributed by atoms with van der Waals surface area (Å²) in [5.74, 6) is 0.269. The van der Waals surface area contributed by atoms with Gasteiger partial charge in [-0.3, -0.25) is 9.59 Å². The largest absolute Gasteiger partial charge is 0.489 e. The number of hydrogen-bond acceptors (Lipinski definition) is 4. The number of ketones is 1. The van der Waals surface area contributed by atoms with Gasteiger partial charge in [0.15, 0.2) is 5.78 Å². The Labute approximate surface area is 164 Å². The van der Waals surface area contributed by atoms with Crippen molar-refractivity contribution in [3.63, 3.8) is 0 Å². The first kappa shape index (κ1) is 19.7. The van der Waals surface area contributed by atoms with Crippen LogP contribution < -0.4 is 4.74 Å². The Balaban J connectivity index is 1.86. The Kier molecular flexibility index (Phi) is 5.54. The normalized spacial score (nSPS) is 11.4. The molecule has 0 spiro atoms. The van der Waals surface area contributed by atoms with E-state index in [0.717, 1.165) is 16.5 Å². The van der Waals surface area contributed by atoms with Crippen molar-refractivity contribution in [1.29, 1.82) is 0 Å². The Bertz CT molecular complexity index is 997. The van der Waals surface area contributed by atoms with Gasteiger partial charge in [0, 0.05) is 22.7 Å². The van der Waals surface area contributed by atoms with Gasteiger partial charge in [0.05, 0.1) is 0 Å². The molecule has 3 aromatic rings. The quantitative estimate of drug-likeness (QED) is 0.457. The van der Waals surface area contributed by atoms with E-state index in [1.807, 2.05) is 69.3 Å². The average Bonchev–Trinajstić information content (AvgIpc) is 2.97. The summed E-state index contributed by atoms with van der Waals surface area (Å²) in [5, 5.41) is 0.765. The lowest BCUT2D eigenvalue weighted by atomic mass is 10.1. The predicted molar refractivity (Wildman–Crippen MR) is 109 cm³/mol. The topological polar surface area (TPSA) is 57.5 Å². The minimum absolute atomic E-state index is 0.0469. The number of aromatic nitrogens is 1. The molecule has 0 unspecified atom stereocenters. The molecule has 0 amide bonds. The maximum absolute atomic E-state index is 12.2. The standard InChI is InChI=1S/C23H25NO4/c1-16(25)20-13-24(14-22(26)28-23(2,3)4)21-11-10-18(12-19(20)21)27-15-17-8-6-5-7-9-17/h5-13H,14-15H2,1-4H3. The first-order valence-corrected chi connectivity index (χ1v) is 9.25. The second kappa shape index (κ2) is 7.89. The molecular weight excluding hydrogens is 354 g/mol. The molecule has 0 atom stereocenters. The van der Waals surface area contributed by atoms with Gasteiger partial charge in [-0.15, -0.1) is 0 Å².